The van der Waals surface area contributed by atoms with Gasteiger partial charge in [0.1, 0.15) is 0 Å². The number of carbonyl (C=O) groups is 2. The lowest BCUT2D eigenvalue weighted by molar-refractivity contribution is -0.153. The van der Waals surface area contributed by atoms with Crippen LogP contribution in [-0.2, 0) is 14.3 Å². The Balaban J connectivity index is 2.29. The van der Waals surface area contributed by atoms with Crippen LogP contribution in [0.4, 0.5) is 0 Å². The summed E-state index contributed by atoms with van der Waals surface area (Å²) in [6, 6.07) is 0. The van der Waals surface area contributed by atoms with Crippen molar-refractivity contribution in [2.45, 2.75) is 104 Å². The molecule has 0 saturated carbocycles. The average molecular weight is 325 g/mol. The van der Waals surface area contributed by atoms with E-state index in [1.807, 2.05) is 0 Å². The fourth-order valence-corrected chi connectivity index (χ4v) is 3.56. The van der Waals surface area contributed by atoms with Crippen molar-refractivity contribution in [2.24, 2.45) is 11.8 Å². The van der Waals surface area contributed by atoms with Crippen LogP contribution in [-0.4, -0.2) is 11.9 Å². The molecule has 0 spiro atoms. The zero-order valence-electron chi connectivity index (χ0n) is 15.3. The zero-order chi connectivity index (χ0) is 16.9. The Morgan fingerprint density at radius 1 is 0.870 bits per heavy atom. The molecule has 3 nitrogen and oxygen atoms in total. The number of hydrogen-bond acceptors (Lipinski definition) is 3. The van der Waals surface area contributed by atoms with Gasteiger partial charge in [-0.3, -0.25) is 9.59 Å². The molecular weight excluding hydrogens is 288 g/mol. The normalized spacial score (nSPS) is 19.1. The second kappa shape index (κ2) is 12.5. The maximum Gasteiger partial charge on any atom is 0.317 e. The molecule has 1 fully saturated rings. The van der Waals surface area contributed by atoms with Gasteiger partial charge < -0.3 is 4.74 Å². The second-order valence-electron chi connectivity index (χ2n) is 7.20. The lowest BCUT2D eigenvalue weighted by Crippen LogP contribution is -2.14. The molecule has 0 aromatic heterocycles. The minimum absolute atomic E-state index is 0.168. The highest BCUT2D eigenvalue weighted by Crippen LogP contribution is 2.30. The first-order chi connectivity index (χ1) is 11.2. The van der Waals surface area contributed by atoms with Crippen LogP contribution >= 0.6 is 0 Å². The van der Waals surface area contributed by atoms with Crippen LogP contribution in [0.1, 0.15) is 104 Å². The molecule has 0 radical (unpaired) electrons. The van der Waals surface area contributed by atoms with Crippen molar-refractivity contribution >= 4 is 11.9 Å². The van der Waals surface area contributed by atoms with Gasteiger partial charge >= 0.3 is 11.9 Å². The highest BCUT2D eigenvalue weighted by atomic mass is 16.6. The van der Waals surface area contributed by atoms with E-state index in [0.717, 1.165) is 6.42 Å². The Morgan fingerprint density at radius 2 is 1.39 bits per heavy atom. The number of cyclic esters (lactones) is 2. The highest BCUT2D eigenvalue weighted by molar-refractivity contribution is 5.94. The van der Waals surface area contributed by atoms with E-state index in [4.69, 9.17) is 4.74 Å². The molecule has 1 rings (SSSR count). The van der Waals surface area contributed by atoms with Gasteiger partial charge in [0.15, 0.2) is 0 Å². The Kier molecular flexibility index (Phi) is 11.0. The molecule has 1 aliphatic heterocycles. The molecule has 23 heavy (non-hydrogen) atoms. The Bertz CT molecular complexity index is 338. The first-order valence-electron chi connectivity index (χ1n) is 9.91. The molecule has 0 aromatic carbocycles. The van der Waals surface area contributed by atoms with Gasteiger partial charge in [-0.25, -0.2) is 0 Å². The number of rotatable bonds is 14. The van der Waals surface area contributed by atoms with Gasteiger partial charge in [-0.1, -0.05) is 90.9 Å². The van der Waals surface area contributed by atoms with Crippen LogP contribution in [0.3, 0.4) is 0 Å². The van der Waals surface area contributed by atoms with E-state index in [-0.39, 0.29) is 17.9 Å². The van der Waals surface area contributed by atoms with Crippen molar-refractivity contribution in [1.29, 1.82) is 0 Å². The largest absolute Gasteiger partial charge is 0.393 e. The highest BCUT2D eigenvalue weighted by Gasteiger charge is 2.34. The average Bonchev–Trinajstić information content (AvgIpc) is 2.84. The molecule has 2 atom stereocenters. The molecular formula is C20H36O3. The summed E-state index contributed by atoms with van der Waals surface area (Å²) in [6.45, 7) is 4.47. The number of esters is 2. The SMILES string of the molecule is CCCCCCCCC(CCCCCC)CC1CC(=O)OC1=O. The van der Waals surface area contributed by atoms with Gasteiger partial charge in [0.05, 0.1) is 12.3 Å². The number of unbranched alkanes of at least 4 members (excludes halogenated alkanes) is 8. The molecule has 0 bridgehead atoms. The standard InChI is InChI=1S/C20H36O3/c1-3-5-7-9-10-12-14-17(13-11-8-6-4-2)15-18-16-19(21)23-20(18)22/h17-18H,3-16H2,1-2H3. The van der Waals surface area contributed by atoms with Crippen molar-refractivity contribution in [3.05, 3.63) is 0 Å². The third kappa shape index (κ3) is 9.12. The molecule has 134 valence electrons. The van der Waals surface area contributed by atoms with Crippen molar-refractivity contribution in [1.82, 2.24) is 0 Å². The van der Waals surface area contributed by atoms with Crippen LogP contribution in [0, 0.1) is 11.8 Å². The van der Waals surface area contributed by atoms with E-state index < -0.39 is 0 Å². The third-order valence-corrected chi connectivity index (χ3v) is 5.01. The zero-order valence-corrected chi connectivity index (χ0v) is 15.3. The summed E-state index contributed by atoms with van der Waals surface area (Å²) in [5, 5.41) is 0. The minimum atomic E-state index is -0.329. The van der Waals surface area contributed by atoms with E-state index in [1.165, 1.54) is 77.0 Å². The molecule has 3 heteroatoms. The maximum atomic E-state index is 11.7. The van der Waals surface area contributed by atoms with Gasteiger partial charge in [0.25, 0.3) is 0 Å². The van der Waals surface area contributed by atoms with Crippen LogP contribution in [0.15, 0.2) is 0 Å². The molecule has 1 saturated heterocycles. The predicted octanol–water partition coefficient (Wildman–Crippen LogP) is 5.80. The fourth-order valence-electron chi connectivity index (χ4n) is 3.56. The molecule has 1 aliphatic rings. The van der Waals surface area contributed by atoms with Crippen molar-refractivity contribution in [2.75, 3.05) is 0 Å². The van der Waals surface area contributed by atoms with Crippen molar-refractivity contribution in [3.8, 4) is 0 Å². The lowest BCUT2D eigenvalue weighted by atomic mass is 9.85. The van der Waals surface area contributed by atoms with Crippen LogP contribution < -0.4 is 0 Å². The maximum absolute atomic E-state index is 11.7. The van der Waals surface area contributed by atoms with E-state index in [1.54, 1.807) is 0 Å². The Hall–Kier alpha value is -0.860. The molecule has 0 aromatic rings. The van der Waals surface area contributed by atoms with E-state index in [2.05, 4.69) is 13.8 Å². The second-order valence-corrected chi connectivity index (χ2v) is 7.20. The van der Waals surface area contributed by atoms with Crippen LogP contribution in [0.2, 0.25) is 0 Å². The van der Waals surface area contributed by atoms with Gasteiger partial charge in [0, 0.05) is 0 Å². The first-order valence-corrected chi connectivity index (χ1v) is 9.91. The third-order valence-electron chi connectivity index (χ3n) is 5.01. The van der Waals surface area contributed by atoms with Gasteiger partial charge in [-0.05, 0) is 12.3 Å². The van der Waals surface area contributed by atoms with E-state index in [9.17, 15) is 9.59 Å². The number of carbonyl (C=O) groups excluding carboxylic acids is 2. The smallest absolute Gasteiger partial charge is 0.317 e. The molecule has 0 N–H and O–H groups in total. The molecule has 0 amide bonds. The summed E-state index contributed by atoms with van der Waals surface area (Å²) in [4.78, 5) is 23.0. The lowest BCUT2D eigenvalue weighted by Gasteiger charge is -2.18. The van der Waals surface area contributed by atoms with Crippen LogP contribution in [0.5, 0.6) is 0 Å². The summed E-state index contributed by atoms with van der Waals surface area (Å²) in [6.07, 6.45) is 16.5. The van der Waals surface area contributed by atoms with Crippen molar-refractivity contribution in [3.63, 3.8) is 0 Å². The number of ether oxygens (including phenoxy) is 1. The summed E-state index contributed by atoms with van der Waals surface area (Å²) in [5.41, 5.74) is 0. The first kappa shape index (κ1) is 20.2. The van der Waals surface area contributed by atoms with Gasteiger partial charge in [-0.2, -0.15) is 0 Å². The van der Waals surface area contributed by atoms with Gasteiger partial charge in [0.2, 0.25) is 0 Å². The van der Waals surface area contributed by atoms with Crippen molar-refractivity contribution < 1.29 is 14.3 Å². The molecule has 1 heterocycles. The van der Waals surface area contributed by atoms with Gasteiger partial charge in [-0.15, -0.1) is 0 Å². The van der Waals surface area contributed by atoms with E-state index in [0.29, 0.717) is 12.3 Å². The quantitative estimate of drug-likeness (QED) is 0.230. The topological polar surface area (TPSA) is 43.4 Å². The summed E-state index contributed by atoms with van der Waals surface area (Å²) in [7, 11) is 0. The fraction of sp³-hybridized carbons (Fsp3) is 0.900. The summed E-state index contributed by atoms with van der Waals surface area (Å²) < 4.78 is 4.71. The monoisotopic (exact) mass is 324 g/mol. The summed E-state index contributed by atoms with van der Waals surface area (Å²) >= 11 is 0. The summed E-state index contributed by atoms with van der Waals surface area (Å²) in [5.74, 6) is -0.193. The molecule has 2 unspecified atom stereocenters. The number of hydrogen-bond donors (Lipinski definition) is 0. The Labute approximate surface area is 142 Å². The van der Waals surface area contributed by atoms with E-state index >= 15 is 0 Å². The molecule has 0 aliphatic carbocycles. The minimum Gasteiger partial charge on any atom is -0.393 e. The predicted molar refractivity (Wildman–Crippen MR) is 94.1 cm³/mol. The Morgan fingerprint density at radius 3 is 1.91 bits per heavy atom. The van der Waals surface area contributed by atoms with Crippen LogP contribution in [0.25, 0.3) is 0 Å².